The van der Waals surface area contributed by atoms with Crippen molar-refractivity contribution in [3.63, 3.8) is 0 Å². The van der Waals surface area contributed by atoms with Gasteiger partial charge in [-0.3, -0.25) is 4.90 Å². The van der Waals surface area contributed by atoms with Gasteiger partial charge in [0.1, 0.15) is 17.8 Å². The Bertz CT molecular complexity index is 725. The molecule has 6 heteroatoms. The number of hydrogen-bond acceptors (Lipinski definition) is 5. The number of aromatic nitrogens is 3. The highest BCUT2D eigenvalue weighted by Gasteiger charge is 2.44. The molecule has 128 valence electrons. The van der Waals surface area contributed by atoms with Crippen molar-refractivity contribution in [3.05, 3.63) is 18.6 Å². The van der Waals surface area contributed by atoms with Crippen LogP contribution in [0.5, 0.6) is 0 Å². The van der Waals surface area contributed by atoms with Crippen molar-refractivity contribution in [3.8, 4) is 0 Å². The first-order chi connectivity index (χ1) is 11.8. The molecule has 4 atom stereocenters. The third-order valence-corrected chi connectivity index (χ3v) is 6.35. The zero-order valence-corrected chi connectivity index (χ0v) is 13.9. The maximum atomic E-state index is 10.7. The summed E-state index contributed by atoms with van der Waals surface area (Å²) >= 11 is 0. The summed E-state index contributed by atoms with van der Waals surface area (Å²) in [7, 11) is 0. The van der Waals surface area contributed by atoms with Gasteiger partial charge in [0.2, 0.25) is 0 Å². The highest BCUT2D eigenvalue weighted by molar-refractivity contribution is 5.87. The molecule has 0 radical (unpaired) electrons. The molecule has 2 N–H and O–H groups in total. The van der Waals surface area contributed by atoms with Gasteiger partial charge in [0.05, 0.1) is 11.5 Å². The second-order valence-electron chi connectivity index (χ2n) is 7.71. The fourth-order valence-electron chi connectivity index (χ4n) is 5.16. The van der Waals surface area contributed by atoms with Crippen LogP contribution in [0.25, 0.3) is 11.0 Å². The molecule has 1 aliphatic carbocycles. The van der Waals surface area contributed by atoms with Crippen molar-refractivity contribution in [2.24, 2.45) is 11.8 Å². The van der Waals surface area contributed by atoms with Crippen LogP contribution >= 0.6 is 0 Å². The summed E-state index contributed by atoms with van der Waals surface area (Å²) in [6, 6.07) is 2.43. The van der Waals surface area contributed by atoms with E-state index in [0.29, 0.717) is 17.9 Å². The Kier molecular flexibility index (Phi) is 3.49. The largest absolute Gasteiger partial charge is 0.391 e. The second-order valence-corrected chi connectivity index (χ2v) is 7.71. The lowest BCUT2D eigenvalue weighted by Crippen LogP contribution is -2.48. The van der Waals surface area contributed by atoms with Crippen molar-refractivity contribution < 1.29 is 5.11 Å². The van der Waals surface area contributed by atoms with E-state index in [2.05, 4.69) is 30.8 Å². The predicted octanol–water partition coefficient (Wildman–Crippen LogP) is 1.63. The highest BCUT2D eigenvalue weighted by atomic mass is 16.3. The maximum absolute atomic E-state index is 10.7. The number of nitrogens with zero attached hydrogens (tertiary/aromatic N) is 4. The number of rotatable bonds is 2. The first-order valence-electron chi connectivity index (χ1n) is 9.25. The Labute approximate surface area is 141 Å². The number of H-pyrrole nitrogens is 1. The van der Waals surface area contributed by atoms with Gasteiger partial charge in [0, 0.05) is 25.3 Å². The SMILES string of the molecule is O[C@@H]1C[C@H]2CN(c3ncnc4[nH]ccc34)C[C@H]2C[C@H]1N1CCCC1. The number of hydrogen-bond donors (Lipinski definition) is 2. The highest BCUT2D eigenvalue weighted by Crippen LogP contribution is 2.41. The maximum Gasteiger partial charge on any atom is 0.142 e. The van der Waals surface area contributed by atoms with Crippen LogP contribution in [0.3, 0.4) is 0 Å². The van der Waals surface area contributed by atoms with Crippen LogP contribution in [0, 0.1) is 11.8 Å². The lowest BCUT2D eigenvalue weighted by molar-refractivity contribution is -0.000854. The first kappa shape index (κ1) is 14.7. The Morgan fingerprint density at radius 3 is 2.71 bits per heavy atom. The van der Waals surface area contributed by atoms with Gasteiger partial charge in [-0.2, -0.15) is 0 Å². The molecular weight excluding hydrogens is 302 g/mol. The molecule has 6 nitrogen and oxygen atoms in total. The summed E-state index contributed by atoms with van der Waals surface area (Å²) in [5.41, 5.74) is 0.907. The molecule has 4 heterocycles. The Hall–Kier alpha value is -1.66. The van der Waals surface area contributed by atoms with Crippen molar-refractivity contribution in [1.82, 2.24) is 19.9 Å². The third-order valence-electron chi connectivity index (χ3n) is 6.35. The molecule has 3 aliphatic rings. The van der Waals surface area contributed by atoms with Crippen LogP contribution < -0.4 is 4.90 Å². The van der Waals surface area contributed by atoms with Gasteiger partial charge in [-0.15, -0.1) is 0 Å². The van der Waals surface area contributed by atoms with Crippen LogP contribution in [0.2, 0.25) is 0 Å². The molecule has 0 bridgehead atoms. The fourth-order valence-corrected chi connectivity index (χ4v) is 5.16. The lowest BCUT2D eigenvalue weighted by Gasteiger charge is -2.40. The number of anilines is 1. The predicted molar refractivity (Wildman–Crippen MR) is 92.9 cm³/mol. The summed E-state index contributed by atoms with van der Waals surface area (Å²) in [5.74, 6) is 2.30. The van der Waals surface area contributed by atoms with Crippen molar-refractivity contribution in [1.29, 1.82) is 0 Å². The molecule has 0 aromatic carbocycles. The van der Waals surface area contributed by atoms with E-state index >= 15 is 0 Å². The molecule has 0 unspecified atom stereocenters. The Balaban J connectivity index is 1.37. The molecule has 0 spiro atoms. The average molecular weight is 327 g/mol. The summed E-state index contributed by atoms with van der Waals surface area (Å²) < 4.78 is 0. The molecule has 2 saturated heterocycles. The normalized spacial score (nSPS) is 34.1. The molecule has 24 heavy (non-hydrogen) atoms. The van der Waals surface area contributed by atoms with Crippen LogP contribution in [0.1, 0.15) is 25.7 Å². The molecule has 2 aromatic rings. The fraction of sp³-hybridized carbons (Fsp3) is 0.667. The summed E-state index contributed by atoms with van der Waals surface area (Å²) in [6.07, 6.45) is 8.05. The van der Waals surface area contributed by atoms with Gasteiger partial charge in [-0.25, -0.2) is 9.97 Å². The quantitative estimate of drug-likeness (QED) is 0.877. The number of nitrogens with one attached hydrogen (secondary N) is 1. The molecule has 3 fully saturated rings. The molecule has 1 saturated carbocycles. The molecule has 2 aromatic heterocycles. The molecule has 5 rings (SSSR count). The Morgan fingerprint density at radius 1 is 1.08 bits per heavy atom. The number of aliphatic hydroxyl groups is 1. The average Bonchev–Trinajstić information content (AvgIpc) is 3.32. The lowest BCUT2D eigenvalue weighted by atomic mass is 9.77. The minimum atomic E-state index is -0.165. The minimum absolute atomic E-state index is 0.165. The van der Waals surface area contributed by atoms with E-state index in [1.54, 1.807) is 6.33 Å². The smallest absolute Gasteiger partial charge is 0.142 e. The second kappa shape index (κ2) is 5.70. The van der Waals surface area contributed by atoms with Gasteiger partial charge in [-0.1, -0.05) is 0 Å². The topological polar surface area (TPSA) is 68.3 Å². The number of likely N-dealkylation sites (tertiary alicyclic amines) is 1. The van der Waals surface area contributed by atoms with Crippen LogP contribution in [0.4, 0.5) is 5.82 Å². The van der Waals surface area contributed by atoms with E-state index < -0.39 is 0 Å². The summed E-state index contributed by atoms with van der Waals surface area (Å²) in [6.45, 7) is 4.39. The van der Waals surface area contributed by atoms with Crippen molar-refractivity contribution in [2.75, 3.05) is 31.1 Å². The Morgan fingerprint density at radius 2 is 1.88 bits per heavy atom. The van der Waals surface area contributed by atoms with E-state index in [1.807, 2.05) is 6.20 Å². The van der Waals surface area contributed by atoms with Crippen LogP contribution in [-0.4, -0.2) is 63.3 Å². The van der Waals surface area contributed by atoms with Crippen molar-refractivity contribution in [2.45, 2.75) is 37.8 Å². The number of aliphatic hydroxyl groups excluding tert-OH is 1. The monoisotopic (exact) mass is 327 g/mol. The zero-order valence-electron chi connectivity index (χ0n) is 13.9. The summed E-state index contributed by atoms with van der Waals surface area (Å²) in [4.78, 5) is 17.0. The van der Waals surface area contributed by atoms with Gasteiger partial charge in [-0.05, 0) is 56.7 Å². The number of fused-ring (bicyclic) bond motifs is 2. The van der Waals surface area contributed by atoms with Gasteiger partial charge < -0.3 is 15.0 Å². The van der Waals surface area contributed by atoms with Crippen molar-refractivity contribution >= 4 is 16.9 Å². The van der Waals surface area contributed by atoms with E-state index in [1.165, 1.54) is 25.9 Å². The number of aromatic amines is 1. The minimum Gasteiger partial charge on any atom is -0.391 e. The van der Waals surface area contributed by atoms with Gasteiger partial charge in [0.25, 0.3) is 0 Å². The van der Waals surface area contributed by atoms with E-state index in [-0.39, 0.29) is 6.10 Å². The third kappa shape index (κ3) is 2.31. The standard InChI is InChI=1S/C18H25N5O/c24-16-8-13-10-23(18-14-3-4-19-17(14)20-11-21-18)9-12(13)7-15(16)22-5-1-2-6-22/h3-4,11-13,15-16,24H,1-2,5-10H2,(H,19,20,21)/t12-,13+,15-,16-/m1/s1. The zero-order chi connectivity index (χ0) is 16.1. The first-order valence-corrected chi connectivity index (χ1v) is 9.25. The van der Waals surface area contributed by atoms with E-state index in [4.69, 9.17) is 0 Å². The van der Waals surface area contributed by atoms with Crippen LogP contribution in [0.15, 0.2) is 18.6 Å². The van der Waals surface area contributed by atoms with Crippen LogP contribution in [-0.2, 0) is 0 Å². The molecule has 0 amide bonds. The molecule has 2 aliphatic heterocycles. The van der Waals surface area contributed by atoms with E-state index in [9.17, 15) is 5.11 Å². The van der Waals surface area contributed by atoms with Gasteiger partial charge in [0.15, 0.2) is 0 Å². The molecular formula is C18H25N5O. The summed E-state index contributed by atoms with van der Waals surface area (Å²) in [5, 5.41) is 11.8. The van der Waals surface area contributed by atoms with E-state index in [0.717, 1.165) is 42.8 Å². The van der Waals surface area contributed by atoms with Gasteiger partial charge >= 0.3 is 0 Å².